The first-order valence-corrected chi connectivity index (χ1v) is 3.59. The molecule has 0 aliphatic rings. The fraction of sp³-hybridized carbons (Fsp3) is 0. The van der Waals surface area contributed by atoms with Crippen molar-refractivity contribution in [2.75, 3.05) is 0 Å². The molecule has 58 valence electrons. The van der Waals surface area contributed by atoms with E-state index in [0.29, 0.717) is 10.0 Å². The maximum absolute atomic E-state index is 10.8. The lowest BCUT2D eigenvalue weighted by Crippen LogP contribution is -2.18. The number of nitrogens with one attached hydrogen (secondary N) is 1. The third-order valence-corrected chi connectivity index (χ3v) is 1.75. The van der Waals surface area contributed by atoms with Crippen molar-refractivity contribution in [3.63, 3.8) is 0 Å². The Bertz CT molecular complexity index is 277. The van der Waals surface area contributed by atoms with Crippen molar-refractivity contribution in [2.45, 2.75) is 0 Å². The number of pyridine rings is 1. The van der Waals surface area contributed by atoms with Crippen LogP contribution in [0.15, 0.2) is 22.9 Å². The molecule has 2 N–H and O–H groups in total. The van der Waals surface area contributed by atoms with Gasteiger partial charge in [-0.1, -0.05) is 0 Å². The highest BCUT2D eigenvalue weighted by molar-refractivity contribution is 9.10. The van der Waals surface area contributed by atoms with E-state index < -0.39 is 5.91 Å². The number of amides is 1. The molecule has 0 radical (unpaired) electrons. The Kier molecular flexibility index (Phi) is 2.56. The summed E-state index contributed by atoms with van der Waals surface area (Å²) in [7, 11) is 0. The molecule has 0 spiro atoms. The number of carbonyl (C=O) groups excluding carboxylic acids is 1. The van der Waals surface area contributed by atoms with Gasteiger partial charge in [-0.2, -0.15) is 0 Å². The van der Waals surface area contributed by atoms with E-state index in [1.54, 1.807) is 0 Å². The first-order chi connectivity index (χ1) is 5.25. The number of aromatic nitrogens is 1. The Labute approximate surface area is 71.3 Å². The van der Waals surface area contributed by atoms with E-state index >= 15 is 0 Å². The summed E-state index contributed by atoms with van der Waals surface area (Å²) in [6.45, 7) is 0. The van der Waals surface area contributed by atoms with Gasteiger partial charge in [-0.3, -0.25) is 15.0 Å². The minimum Gasteiger partial charge on any atom is -0.288 e. The molecule has 1 amide bonds. The molecule has 0 bridgehead atoms. The van der Waals surface area contributed by atoms with Gasteiger partial charge in [0.2, 0.25) is 0 Å². The normalized spacial score (nSPS) is 9.27. The van der Waals surface area contributed by atoms with Crippen molar-refractivity contribution in [1.82, 2.24) is 10.5 Å². The van der Waals surface area contributed by atoms with Gasteiger partial charge < -0.3 is 0 Å². The van der Waals surface area contributed by atoms with Crippen molar-refractivity contribution in [3.05, 3.63) is 28.5 Å². The largest absolute Gasteiger partial charge is 0.288 e. The third kappa shape index (κ3) is 1.75. The van der Waals surface area contributed by atoms with Gasteiger partial charge in [0, 0.05) is 16.9 Å². The smallest absolute Gasteiger partial charge is 0.275 e. The number of rotatable bonds is 1. The number of hydrogen-bond acceptors (Lipinski definition) is 3. The molecule has 0 aliphatic carbocycles. The van der Waals surface area contributed by atoms with Crippen LogP contribution in [-0.2, 0) is 0 Å². The maximum atomic E-state index is 10.8. The quantitative estimate of drug-likeness (QED) is 0.544. The summed E-state index contributed by atoms with van der Waals surface area (Å²) in [4.78, 5) is 14.6. The van der Waals surface area contributed by atoms with E-state index in [1.807, 2.05) is 0 Å². The van der Waals surface area contributed by atoms with E-state index in [0.717, 1.165) is 0 Å². The highest BCUT2D eigenvalue weighted by Crippen LogP contribution is 2.13. The van der Waals surface area contributed by atoms with Crippen LogP contribution in [0.3, 0.4) is 0 Å². The van der Waals surface area contributed by atoms with Gasteiger partial charge in [-0.05, 0) is 22.0 Å². The van der Waals surface area contributed by atoms with Crippen LogP contribution in [0.2, 0.25) is 0 Å². The summed E-state index contributed by atoms with van der Waals surface area (Å²) in [5.74, 6) is -0.556. The number of carbonyl (C=O) groups is 1. The Morgan fingerprint density at radius 2 is 2.45 bits per heavy atom. The standard InChI is InChI=1S/C6H5BrN2O2/c7-5-3-8-2-1-4(5)6(10)9-11/h1-3,11H,(H,9,10). The lowest BCUT2D eigenvalue weighted by molar-refractivity contribution is 0.0705. The lowest BCUT2D eigenvalue weighted by atomic mass is 10.3. The molecule has 11 heavy (non-hydrogen) atoms. The van der Waals surface area contributed by atoms with Crippen LogP contribution in [0.4, 0.5) is 0 Å². The SMILES string of the molecule is O=C(NO)c1ccncc1Br. The van der Waals surface area contributed by atoms with Crippen molar-refractivity contribution in [2.24, 2.45) is 0 Å². The molecule has 0 aromatic carbocycles. The number of hydroxylamine groups is 1. The summed E-state index contributed by atoms with van der Waals surface area (Å²) in [6, 6.07) is 1.50. The fourth-order valence-electron chi connectivity index (χ4n) is 0.620. The second-order valence-electron chi connectivity index (χ2n) is 1.80. The Morgan fingerprint density at radius 1 is 1.73 bits per heavy atom. The van der Waals surface area contributed by atoms with Gasteiger partial charge in [0.1, 0.15) is 0 Å². The molecular weight excluding hydrogens is 212 g/mol. The van der Waals surface area contributed by atoms with Gasteiger partial charge in [0.05, 0.1) is 5.56 Å². The van der Waals surface area contributed by atoms with Crippen LogP contribution in [-0.4, -0.2) is 16.1 Å². The molecule has 0 unspecified atom stereocenters. The summed E-state index contributed by atoms with van der Waals surface area (Å²) in [5, 5.41) is 8.27. The van der Waals surface area contributed by atoms with Crippen LogP contribution in [0.1, 0.15) is 10.4 Å². The predicted octanol–water partition coefficient (Wildman–Crippen LogP) is 0.963. The van der Waals surface area contributed by atoms with Gasteiger partial charge in [-0.15, -0.1) is 0 Å². The van der Waals surface area contributed by atoms with E-state index in [9.17, 15) is 4.79 Å². The topological polar surface area (TPSA) is 62.2 Å². The van der Waals surface area contributed by atoms with Crippen LogP contribution >= 0.6 is 15.9 Å². The van der Waals surface area contributed by atoms with E-state index in [-0.39, 0.29) is 0 Å². The van der Waals surface area contributed by atoms with Crippen molar-refractivity contribution < 1.29 is 10.0 Å². The van der Waals surface area contributed by atoms with Gasteiger partial charge in [-0.25, -0.2) is 5.48 Å². The summed E-state index contributed by atoms with van der Waals surface area (Å²) < 4.78 is 0.548. The first kappa shape index (κ1) is 8.16. The van der Waals surface area contributed by atoms with Crippen LogP contribution in [0.25, 0.3) is 0 Å². The molecule has 0 saturated carbocycles. The number of hydrogen-bond donors (Lipinski definition) is 2. The third-order valence-electron chi connectivity index (χ3n) is 1.12. The first-order valence-electron chi connectivity index (χ1n) is 2.79. The zero-order valence-electron chi connectivity index (χ0n) is 5.41. The molecule has 0 fully saturated rings. The lowest BCUT2D eigenvalue weighted by Gasteiger charge is -1.98. The molecule has 1 heterocycles. The van der Waals surface area contributed by atoms with Gasteiger partial charge >= 0.3 is 0 Å². The molecule has 1 aromatic rings. The molecular formula is C6H5BrN2O2. The average Bonchev–Trinajstić information content (AvgIpc) is 2.04. The van der Waals surface area contributed by atoms with Crippen molar-refractivity contribution in [1.29, 1.82) is 0 Å². The fourth-order valence-corrected chi connectivity index (χ4v) is 1.05. The average molecular weight is 217 g/mol. The summed E-state index contributed by atoms with van der Waals surface area (Å²) in [5.41, 5.74) is 1.87. The van der Waals surface area contributed by atoms with Crippen LogP contribution in [0.5, 0.6) is 0 Å². The zero-order valence-corrected chi connectivity index (χ0v) is 7.00. The highest BCUT2D eigenvalue weighted by Gasteiger charge is 2.06. The van der Waals surface area contributed by atoms with E-state index in [2.05, 4.69) is 20.9 Å². The number of halogens is 1. The molecule has 5 heteroatoms. The van der Waals surface area contributed by atoms with Crippen LogP contribution in [0, 0.1) is 0 Å². The second kappa shape index (κ2) is 3.45. The Balaban J connectivity index is 3.03. The monoisotopic (exact) mass is 216 g/mol. The zero-order chi connectivity index (χ0) is 8.27. The predicted molar refractivity (Wildman–Crippen MR) is 41.2 cm³/mol. The van der Waals surface area contributed by atoms with Crippen molar-refractivity contribution in [3.8, 4) is 0 Å². The Hall–Kier alpha value is -0.940. The summed E-state index contributed by atoms with van der Waals surface area (Å²) >= 11 is 3.10. The van der Waals surface area contributed by atoms with E-state index in [1.165, 1.54) is 23.9 Å². The molecule has 1 rings (SSSR count). The molecule has 0 aliphatic heterocycles. The molecule has 4 nitrogen and oxygen atoms in total. The van der Waals surface area contributed by atoms with Gasteiger partial charge in [0.25, 0.3) is 5.91 Å². The van der Waals surface area contributed by atoms with Gasteiger partial charge in [0.15, 0.2) is 0 Å². The van der Waals surface area contributed by atoms with Crippen molar-refractivity contribution >= 4 is 21.8 Å². The molecule has 0 saturated heterocycles. The number of nitrogens with zero attached hydrogens (tertiary/aromatic N) is 1. The summed E-state index contributed by atoms with van der Waals surface area (Å²) in [6.07, 6.45) is 2.94. The highest BCUT2D eigenvalue weighted by atomic mass is 79.9. The molecule has 0 atom stereocenters. The second-order valence-corrected chi connectivity index (χ2v) is 2.65. The minimum absolute atomic E-state index is 0.350. The Morgan fingerprint density at radius 3 is 3.00 bits per heavy atom. The van der Waals surface area contributed by atoms with Crippen LogP contribution < -0.4 is 5.48 Å². The van der Waals surface area contributed by atoms with E-state index in [4.69, 9.17) is 5.21 Å². The minimum atomic E-state index is -0.556. The maximum Gasteiger partial charge on any atom is 0.275 e. The molecule has 1 aromatic heterocycles.